The van der Waals surface area contributed by atoms with Crippen molar-refractivity contribution in [2.45, 2.75) is 6.18 Å². The lowest BCUT2D eigenvalue weighted by Crippen LogP contribution is -2.27. The van der Waals surface area contributed by atoms with Crippen LogP contribution in [0.25, 0.3) is 0 Å². The van der Waals surface area contributed by atoms with Gasteiger partial charge in [0.1, 0.15) is 10.3 Å². The minimum Gasteiger partial charge on any atom is -0.481 e. The van der Waals surface area contributed by atoms with Gasteiger partial charge in [-0.15, -0.1) is 0 Å². The first-order valence-electron chi connectivity index (χ1n) is 4.78. The third-order valence-corrected chi connectivity index (χ3v) is 2.52. The summed E-state index contributed by atoms with van der Waals surface area (Å²) < 4.78 is 42.0. The number of halogens is 4. The molecular weight excluding hydrogens is 317 g/mol. The molecule has 0 spiro atoms. The Morgan fingerprint density at radius 2 is 2.06 bits per heavy atom. The van der Waals surface area contributed by atoms with Gasteiger partial charge >= 0.3 is 6.18 Å². The summed E-state index contributed by atoms with van der Waals surface area (Å²) in [7, 11) is 3.09. The molecule has 1 amide bonds. The zero-order valence-corrected chi connectivity index (χ0v) is 11.2. The number of rotatable bonds is 3. The van der Waals surface area contributed by atoms with E-state index >= 15 is 0 Å². The summed E-state index contributed by atoms with van der Waals surface area (Å²) in [5.74, 6) is -0.222. The van der Waals surface area contributed by atoms with Gasteiger partial charge in [-0.25, -0.2) is 4.98 Å². The highest BCUT2D eigenvalue weighted by Gasteiger charge is 2.33. The van der Waals surface area contributed by atoms with E-state index in [0.29, 0.717) is 0 Å². The first-order valence-corrected chi connectivity index (χ1v) is 5.58. The van der Waals surface area contributed by atoms with E-state index < -0.39 is 11.9 Å². The maximum Gasteiger partial charge on any atom is 0.433 e. The first kappa shape index (κ1) is 14.7. The van der Waals surface area contributed by atoms with Gasteiger partial charge in [0, 0.05) is 14.1 Å². The van der Waals surface area contributed by atoms with Crippen molar-refractivity contribution in [3.63, 3.8) is 0 Å². The molecule has 0 saturated carbocycles. The highest BCUT2D eigenvalue weighted by Crippen LogP contribution is 2.31. The van der Waals surface area contributed by atoms with E-state index in [1.54, 1.807) is 14.1 Å². The summed E-state index contributed by atoms with van der Waals surface area (Å²) in [6.45, 7) is -0.265. The number of nitrogens with zero attached hydrogens (tertiary/aromatic N) is 2. The fraction of sp³-hybridized carbons (Fsp3) is 0.400. The minimum atomic E-state index is -4.51. The van der Waals surface area contributed by atoms with Crippen LogP contribution in [0.15, 0.2) is 16.7 Å². The lowest BCUT2D eigenvalue weighted by molar-refractivity contribution is -0.141. The van der Waals surface area contributed by atoms with Crippen LogP contribution >= 0.6 is 15.9 Å². The van der Waals surface area contributed by atoms with Crippen molar-refractivity contribution in [1.82, 2.24) is 9.88 Å². The lowest BCUT2D eigenvalue weighted by atomic mass is 10.3. The van der Waals surface area contributed by atoms with Gasteiger partial charge in [-0.05, 0) is 28.1 Å². The minimum absolute atomic E-state index is 0.0817. The van der Waals surface area contributed by atoms with Crippen molar-refractivity contribution < 1.29 is 22.7 Å². The van der Waals surface area contributed by atoms with Gasteiger partial charge in [-0.1, -0.05) is 0 Å². The topological polar surface area (TPSA) is 42.4 Å². The van der Waals surface area contributed by atoms with E-state index in [0.717, 1.165) is 12.1 Å². The molecule has 1 aromatic heterocycles. The Kier molecular flexibility index (Phi) is 4.55. The Morgan fingerprint density at radius 3 is 2.50 bits per heavy atom. The average molecular weight is 327 g/mol. The Hall–Kier alpha value is -1.31. The normalized spacial score (nSPS) is 11.2. The van der Waals surface area contributed by atoms with Gasteiger partial charge in [-0.3, -0.25) is 4.79 Å². The summed E-state index contributed by atoms with van der Waals surface area (Å²) in [4.78, 5) is 15.9. The number of carbonyl (C=O) groups excluding carboxylic acids is 1. The van der Waals surface area contributed by atoms with Gasteiger partial charge in [0.25, 0.3) is 5.91 Å². The molecule has 18 heavy (non-hydrogen) atoms. The molecule has 0 bridgehead atoms. The first-order chi connectivity index (χ1) is 8.21. The Labute approximate surface area is 110 Å². The van der Waals surface area contributed by atoms with Crippen LogP contribution in [-0.2, 0) is 11.0 Å². The average Bonchev–Trinajstić information content (AvgIpc) is 2.25. The van der Waals surface area contributed by atoms with E-state index in [2.05, 4.69) is 20.9 Å². The molecule has 0 aliphatic rings. The lowest BCUT2D eigenvalue weighted by Gasteiger charge is -2.13. The number of likely N-dealkylation sites (N-methyl/N-ethyl adjacent to an activating group) is 1. The number of alkyl halides is 3. The van der Waals surface area contributed by atoms with Crippen molar-refractivity contribution in [2.24, 2.45) is 0 Å². The second-order valence-electron chi connectivity index (χ2n) is 3.56. The van der Waals surface area contributed by atoms with Crippen molar-refractivity contribution >= 4 is 21.8 Å². The van der Waals surface area contributed by atoms with E-state index in [1.165, 1.54) is 4.90 Å². The monoisotopic (exact) mass is 326 g/mol. The molecule has 4 nitrogen and oxygen atoms in total. The largest absolute Gasteiger partial charge is 0.481 e. The van der Waals surface area contributed by atoms with Crippen molar-refractivity contribution in [3.8, 4) is 5.75 Å². The molecule has 1 heterocycles. The summed E-state index contributed by atoms with van der Waals surface area (Å²) >= 11 is 2.87. The fourth-order valence-electron chi connectivity index (χ4n) is 0.956. The second-order valence-corrected chi connectivity index (χ2v) is 4.31. The molecule has 1 aromatic rings. The second kappa shape index (κ2) is 5.55. The van der Waals surface area contributed by atoms with E-state index in [-0.39, 0.29) is 22.9 Å². The zero-order chi connectivity index (χ0) is 13.9. The number of pyridine rings is 1. The van der Waals surface area contributed by atoms with E-state index in [1.807, 2.05) is 0 Å². The highest BCUT2D eigenvalue weighted by molar-refractivity contribution is 9.10. The molecule has 0 fully saturated rings. The highest BCUT2D eigenvalue weighted by atomic mass is 79.9. The number of hydrogen-bond donors (Lipinski definition) is 0. The predicted octanol–water partition coefficient (Wildman–Crippen LogP) is 2.33. The van der Waals surface area contributed by atoms with Crippen molar-refractivity contribution in [2.75, 3.05) is 20.7 Å². The summed E-state index contributed by atoms with van der Waals surface area (Å²) in [6.07, 6.45) is -4.51. The molecule has 1 rings (SSSR count). The Balaban J connectivity index is 2.78. The SMILES string of the molecule is CN(C)C(=O)COc1ccc(C(F)(F)F)nc1Br. The van der Waals surface area contributed by atoms with Crippen LogP contribution in [0.3, 0.4) is 0 Å². The zero-order valence-electron chi connectivity index (χ0n) is 9.58. The molecule has 0 N–H and O–H groups in total. The van der Waals surface area contributed by atoms with Gasteiger partial charge in [0.15, 0.2) is 12.4 Å². The number of hydrogen-bond acceptors (Lipinski definition) is 3. The third-order valence-electron chi connectivity index (χ3n) is 1.95. The van der Waals surface area contributed by atoms with Gasteiger partial charge in [0.05, 0.1) is 0 Å². The van der Waals surface area contributed by atoms with Crippen LogP contribution in [0.5, 0.6) is 5.75 Å². The maximum absolute atomic E-state index is 12.3. The van der Waals surface area contributed by atoms with E-state index in [9.17, 15) is 18.0 Å². The van der Waals surface area contributed by atoms with Gasteiger partial charge in [-0.2, -0.15) is 13.2 Å². The van der Waals surface area contributed by atoms with Crippen LogP contribution in [-0.4, -0.2) is 36.5 Å². The molecule has 0 aromatic carbocycles. The molecular formula is C10H10BrF3N2O2. The molecule has 0 aliphatic heterocycles. The quantitative estimate of drug-likeness (QED) is 0.801. The van der Waals surface area contributed by atoms with Gasteiger partial charge in [0.2, 0.25) is 0 Å². The third kappa shape index (κ3) is 3.86. The smallest absolute Gasteiger partial charge is 0.433 e. The molecule has 8 heteroatoms. The number of amides is 1. The van der Waals surface area contributed by atoms with Crippen LogP contribution in [0.1, 0.15) is 5.69 Å². The van der Waals surface area contributed by atoms with Crippen molar-refractivity contribution in [3.05, 3.63) is 22.4 Å². The molecule has 0 unspecified atom stereocenters. The fourth-order valence-corrected chi connectivity index (χ4v) is 1.39. The number of aromatic nitrogens is 1. The molecule has 0 radical (unpaired) electrons. The predicted molar refractivity (Wildman–Crippen MR) is 61.1 cm³/mol. The van der Waals surface area contributed by atoms with E-state index in [4.69, 9.17) is 4.74 Å². The Bertz CT molecular complexity index is 449. The van der Waals surface area contributed by atoms with Crippen LogP contribution in [0.4, 0.5) is 13.2 Å². The molecule has 0 saturated heterocycles. The molecule has 0 atom stereocenters. The molecule has 100 valence electrons. The molecule has 0 aliphatic carbocycles. The number of ether oxygens (including phenoxy) is 1. The van der Waals surface area contributed by atoms with Gasteiger partial charge < -0.3 is 9.64 Å². The van der Waals surface area contributed by atoms with Crippen LogP contribution in [0, 0.1) is 0 Å². The maximum atomic E-state index is 12.3. The standard InChI is InChI=1S/C10H10BrF3N2O2/c1-16(2)8(17)5-18-6-3-4-7(10(12,13)14)15-9(6)11/h3-4H,5H2,1-2H3. The van der Waals surface area contributed by atoms with Crippen molar-refractivity contribution in [1.29, 1.82) is 0 Å². The van der Waals surface area contributed by atoms with Crippen LogP contribution in [0.2, 0.25) is 0 Å². The summed E-state index contributed by atoms with van der Waals surface area (Å²) in [5.41, 5.74) is -1.03. The number of carbonyl (C=O) groups is 1. The summed E-state index contributed by atoms with van der Waals surface area (Å²) in [6, 6.07) is 1.91. The van der Waals surface area contributed by atoms with Crippen LogP contribution < -0.4 is 4.74 Å². The summed E-state index contributed by atoms with van der Waals surface area (Å²) in [5, 5.41) is 0. The Morgan fingerprint density at radius 1 is 1.44 bits per heavy atom.